The van der Waals surface area contributed by atoms with Crippen LogP contribution in [0.3, 0.4) is 0 Å². The minimum atomic E-state index is 0.799. The first kappa shape index (κ1) is 18.8. The molecule has 0 saturated carbocycles. The van der Waals surface area contributed by atoms with Crippen molar-refractivity contribution in [3.8, 4) is 0 Å². The molecule has 1 aliphatic carbocycles. The summed E-state index contributed by atoms with van der Waals surface area (Å²) in [5.41, 5.74) is 1.57. The lowest BCUT2D eigenvalue weighted by Crippen LogP contribution is -3.12. The SMILES string of the molecule is C[C@H]1CCc2c(sc3nc(C[NH+]4CCOCC4)nc(N4CCCCCC4)c23)C1. The smallest absolute Gasteiger partial charge is 0.187 e. The molecule has 152 valence electrons. The molecule has 1 atom stereocenters. The monoisotopic (exact) mass is 401 g/mol. The van der Waals surface area contributed by atoms with Gasteiger partial charge in [0.2, 0.25) is 0 Å². The Morgan fingerprint density at radius 1 is 1.11 bits per heavy atom. The fourth-order valence-electron chi connectivity index (χ4n) is 5.02. The molecule has 2 aliphatic heterocycles. The van der Waals surface area contributed by atoms with Crippen molar-refractivity contribution in [3.05, 3.63) is 16.3 Å². The lowest BCUT2D eigenvalue weighted by molar-refractivity contribution is -0.922. The van der Waals surface area contributed by atoms with E-state index in [1.807, 2.05) is 11.3 Å². The second-order valence-electron chi connectivity index (χ2n) is 8.94. The first-order chi connectivity index (χ1) is 13.8. The van der Waals surface area contributed by atoms with E-state index in [0.717, 1.165) is 57.7 Å². The van der Waals surface area contributed by atoms with Crippen molar-refractivity contribution in [3.63, 3.8) is 0 Å². The third kappa shape index (κ3) is 3.79. The highest BCUT2D eigenvalue weighted by molar-refractivity contribution is 7.19. The van der Waals surface area contributed by atoms with Crippen LogP contribution in [0.25, 0.3) is 10.2 Å². The Balaban J connectivity index is 1.56. The topological polar surface area (TPSA) is 42.7 Å². The average molecular weight is 402 g/mol. The van der Waals surface area contributed by atoms with Gasteiger partial charge in [-0.25, -0.2) is 9.97 Å². The normalized spacial score (nSPS) is 24.3. The van der Waals surface area contributed by atoms with E-state index in [2.05, 4.69) is 11.8 Å². The van der Waals surface area contributed by atoms with E-state index in [4.69, 9.17) is 14.7 Å². The number of hydrogen-bond acceptors (Lipinski definition) is 5. The van der Waals surface area contributed by atoms with E-state index in [0.29, 0.717) is 0 Å². The van der Waals surface area contributed by atoms with Gasteiger partial charge in [0.1, 0.15) is 30.3 Å². The second-order valence-corrected chi connectivity index (χ2v) is 10.0. The highest BCUT2D eigenvalue weighted by Crippen LogP contribution is 2.41. The van der Waals surface area contributed by atoms with Crippen LogP contribution in [-0.2, 0) is 24.1 Å². The zero-order valence-electron chi connectivity index (χ0n) is 17.1. The average Bonchev–Trinajstić information content (AvgIpc) is 2.87. The van der Waals surface area contributed by atoms with Crippen molar-refractivity contribution in [2.75, 3.05) is 44.3 Å². The molecule has 2 aromatic heterocycles. The van der Waals surface area contributed by atoms with Crippen molar-refractivity contribution in [1.29, 1.82) is 0 Å². The molecule has 0 unspecified atom stereocenters. The van der Waals surface area contributed by atoms with Gasteiger partial charge >= 0.3 is 0 Å². The zero-order valence-corrected chi connectivity index (χ0v) is 18.0. The van der Waals surface area contributed by atoms with Crippen molar-refractivity contribution in [2.24, 2.45) is 5.92 Å². The molecule has 2 fully saturated rings. The number of ether oxygens (including phenoxy) is 1. The molecular weight excluding hydrogens is 368 g/mol. The van der Waals surface area contributed by atoms with Gasteiger partial charge in [0.15, 0.2) is 5.82 Å². The third-order valence-corrected chi connectivity index (χ3v) is 7.84. The predicted octanol–water partition coefficient (Wildman–Crippen LogP) is 2.61. The lowest BCUT2D eigenvalue weighted by atomic mass is 9.89. The van der Waals surface area contributed by atoms with E-state index in [9.17, 15) is 0 Å². The van der Waals surface area contributed by atoms with Crippen LogP contribution < -0.4 is 9.80 Å². The maximum Gasteiger partial charge on any atom is 0.187 e. The molecule has 0 bridgehead atoms. The lowest BCUT2D eigenvalue weighted by Gasteiger charge is -2.26. The van der Waals surface area contributed by atoms with Crippen LogP contribution in [0.5, 0.6) is 0 Å². The molecule has 5 rings (SSSR count). The number of nitrogens with zero attached hydrogens (tertiary/aromatic N) is 3. The largest absolute Gasteiger partial charge is 0.370 e. The molecule has 3 aliphatic rings. The molecule has 2 aromatic rings. The Kier molecular flexibility index (Phi) is 5.53. The molecule has 2 saturated heterocycles. The Bertz CT molecular complexity index is 822. The quantitative estimate of drug-likeness (QED) is 0.859. The number of nitrogens with one attached hydrogen (secondary N) is 1. The molecule has 0 spiro atoms. The summed E-state index contributed by atoms with van der Waals surface area (Å²) in [5, 5.41) is 1.40. The standard InChI is InChI=1S/C22H32N4OS/c1-16-6-7-17-18(14-16)28-22-20(17)21(26-8-4-2-3-5-9-26)23-19(24-22)15-25-10-12-27-13-11-25/h16H,2-15H2,1H3/p+1/t16-/m0/s1. The van der Waals surface area contributed by atoms with Gasteiger partial charge in [-0.3, -0.25) is 0 Å². The summed E-state index contributed by atoms with van der Waals surface area (Å²) >= 11 is 1.95. The number of morpholine rings is 1. The molecule has 6 heteroatoms. The summed E-state index contributed by atoms with van der Waals surface area (Å²) in [5.74, 6) is 3.09. The summed E-state index contributed by atoms with van der Waals surface area (Å²) in [7, 11) is 0. The fourth-order valence-corrected chi connectivity index (χ4v) is 6.41. The van der Waals surface area contributed by atoms with E-state index in [1.165, 1.54) is 61.0 Å². The summed E-state index contributed by atoms with van der Waals surface area (Å²) in [4.78, 5) is 17.3. The number of thiophene rings is 1. The van der Waals surface area contributed by atoms with E-state index >= 15 is 0 Å². The van der Waals surface area contributed by atoms with Crippen LogP contribution >= 0.6 is 11.3 Å². The number of quaternary nitrogens is 1. The zero-order chi connectivity index (χ0) is 18.9. The van der Waals surface area contributed by atoms with Crippen molar-refractivity contribution >= 4 is 27.4 Å². The molecule has 4 heterocycles. The van der Waals surface area contributed by atoms with Gasteiger partial charge in [-0.15, -0.1) is 11.3 Å². The molecule has 0 radical (unpaired) electrons. The van der Waals surface area contributed by atoms with Crippen LogP contribution in [-0.4, -0.2) is 49.4 Å². The minimum Gasteiger partial charge on any atom is -0.370 e. The highest BCUT2D eigenvalue weighted by Gasteiger charge is 2.27. The van der Waals surface area contributed by atoms with Crippen molar-refractivity contribution in [2.45, 2.75) is 58.4 Å². The number of anilines is 1. The third-order valence-electron chi connectivity index (χ3n) is 6.70. The van der Waals surface area contributed by atoms with Gasteiger partial charge in [0, 0.05) is 18.0 Å². The van der Waals surface area contributed by atoms with E-state index < -0.39 is 0 Å². The van der Waals surface area contributed by atoms with Gasteiger partial charge in [-0.2, -0.15) is 0 Å². The molecule has 0 amide bonds. The Morgan fingerprint density at radius 2 is 1.89 bits per heavy atom. The Labute approximate surface area is 172 Å². The van der Waals surface area contributed by atoms with Gasteiger partial charge in [-0.05, 0) is 43.6 Å². The molecule has 5 nitrogen and oxygen atoms in total. The number of aromatic nitrogens is 2. The van der Waals surface area contributed by atoms with E-state index in [1.54, 1.807) is 15.3 Å². The molecule has 28 heavy (non-hydrogen) atoms. The van der Waals surface area contributed by atoms with E-state index in [-0.39, 0.29) is 0 Å². The second kappa shape index (κ2) is 8.25. The number of hydrogen-bond donors (Lipinski definition) is 1. The summed E-state index contributed by atoms with van der Waals surface area (Å²) in [6, 6.07) is 0. The maximum atomic E-state index is 5.54. The van der Waals surface area contributed by atoms with Crippen LogP contribution in [0.2, 0.25) is 0 Å². The van der Waals surface area contributed by atoms with Crippen LogP contribution in [0, 0.1) is 5.92 Å². The Morgan fingerprint density at radius 3 is 2.68 bits per heavy atom. The summed E-state index contributed by atoms with van der Waals surface area (Å²) in [6.45, 7) is 9.48. The maximum absolute atomic E-state index is 5.54. The van der Waals surface area contributed by atoms with Gasteiger partial charge in [0.25, 0.3) is 0 Å². The first-order valence-corrected chi connectivity index (χ1v) is 12.1. The van der Waals surface area contributed by atoms with Crippen molar-refractivity contribution < 1.29 is 9.64 Å². The number of rotatable bonds is 3. The minimum absolute atomic E-state index is 0.799. The van der Waals surface area contributed by atoms with Gasteiger partial charge in [0.05, 0.1) is 18.6 Å². The number of fused-ring (bicyclic) bond motifs is 3. The molecule has 0 aromatic carbocycles. The van der Waals surface area contributed by atoms with Crippen LogP contribution in [0.1, 0.15) is 55.3 Å². The first-order valence-electron chi connectivity index (χ1n) is 11.3. The van der Waals surface area contributed by atoms with Crippen LogP contribution in [0.4, 0.5) is 5.82 Å². The van der Waals surface area contributed by atoms with Gasteiger partial charge < -0.3 is 14.5 Å². The van der Waals surface area contributed by atoms with Crippen molar-refractivity contribution in [1.82, 2.24) is 9.97 Å². The summed E-state index contributed by atoms with van der Waals surface area (Å²) < 4.78 is 5.54. The highest BCUT2D eigenvalue weighted by atomic mass is 32.1. The molecular formula is C22H33N4OS+. The number of aryl methyl sites for hydroxylation is 1. The molecule has 1 N–H and O–H groups in total. The van der Waals surface area contributed by atoms with Crippen LogP contribution in [0.15, 0.2) is 0 Å². The predicted molar refractivity (Wildman–Crippen MR) is 115 cm³/mol. The summed E-state index contributed by atoms with van der Waals surface area (Å²) in [6.07, 6.45) is 9.02. The fraction of sp³-hybridized carbons (Fsp3) is 0.727. The Hall–Kier alpha value is -1.24. The van der Waals surface area contributed by atoms with Gasteiger partial charge in [-0.1, -0.05) is 19.8 Å².